The van der Waals surface area contributed by atoms with E-state index in [2.05, 4.69) is 16.0 Å². The summed E-state index contributed by atoms with van der Waals surface area (Å²) in [5.74, 6) is -5.86. The Bertz CT molecular complexity index is 1230. The Morgan fingerprint density at radius 1 is 0.511 bits per heavy atom. The molecule has 9 amide bonds. The molecule has 0 unspecified atom stereocenters. The summed E-state index contributed by atoms with van der Waals surface area (Å²) in [6.07, 6.45) is 6.04. The minimum atomic E-state index is -1.19. The second kappa shape index (κ2) is 16.7. The Hall–Kier alpha value is -5.52. The molecule has 252 valence electrons. The average Bonchev–Trinajstić information content (AvgIpc) is 3.63. The lowest BCUT2D eigenvalue weighted by molar-refractivity contribution is -0.917. The van der Waals surface area contributed by atoms with Crippen LogP contribution in [0, 0.1) is 0 Å². The Labute approximate surface area is 268 Å². The Balaban J connectivity index is 1.56. The van der Waals surface area contributed by atoms with Crippen molar-refractivity contribution >= 4 is 59.1 Å². The number of carbonyl (C=O) groups excluding carboxylic acids is 9. The van der Waals surface area contributed by atoms with Crippen LogP contribution in [0.2, 0.25) is 0 Å². The lowest BCUT2D eigenvalue weighted by Gasteiger charge is -2.37. The van der Waals surface area contributed by atoms with Crippen LogP contribution in [0.5, 0.6) is 0 Å². The topological polar surface area (TPSA) is 237 Å². The molecule has 0 radical (unpaired) electrons. The smallest absolute Gasteiger partial charge is 0.359 e. The second-order valence-corrected chi connectivity index (χ2v) is 10.8. The molecule has 0 fully saturated rings. The molecule has 18 nitrogen and oxygen atoms in total. The van der Waals surface area contributed by atoms with Gasteiger partial charge in [0, 0.05) is 75.4 Å². The maximum Gasteiger partial charge on any atom is 0.359 e. The molecule has 3 aliphatic rings. The molecule has 0 spiro atoms. The van der Waals surface area contributed by atoms with Gasteiger partial charge in [-0.1, -0.05) is 0 Å². The van der Waals surface area contributed by atoms with E-state index in [0.717, 1.165) is 51.2 Å². The van der Waals surface area contributed by atoms with E-state index in [1.807, 2.05) is 0 Å². The Morgan fingerprint density at radius 3 is 1.00 bits per heavy atom. The molecule has 0 aromatic heterocycles. The third-order valence-corrected chi connectivity index (χ3v) is 7.58. The minimum Gasteiger partial charge on any atom is -0.477 e. The van der Waals surface area contributed by atoms with Crippen molar-refractivity contribution in [2.45, 2.75) is 19.3 Å². The van der Waals surface area contributed by atoms with Crippen molar-refractivity contribution in [2.24, 2.45) is 0 Å². The van der Waals surface area contributed by atoms with Crippen molar-refractivity contribution in [1.29, 1.82) is 0 Å². The number of nitrogens with one attached hydrogen (secondary N) is 3. The number of nitrogens with zero attached hydrogens (tertiary/aromatic N) is 4. The standard InChI is InChI=1S/C29H35N7O11/c37-20(7-13-33-23(40)1-2-24(33)41)30-10-16-36(19-29(46)47,17-11-31-21(38)8-14-34-25(42)3-4-26(34)43)18-12-32-22(39)9-15-35-27(44)5-6-28(35)45/h1-6H,7-19H2,(H3-,30,31,32,37,38,39,46,47)/p+1. The Kier molecular flexibility index (Phi) is 12.8. The molecule has 0 aromatic rings. The van der Waals surface area contributed by atoms with E-state index in [4.69, 9.17) is 0 Å². The van der Waals surface area contributed by atoms with Gasteiger partial charge in [-0.2, -0.15) is 0 Å². The number of aliphatic carboxylic acids is 1. The van der Waals surface area contributed by atoms with Gasteiger partial charge in [0.05, 0.1) is 39.3 Å². The zero-order valence-corrected chi connectivity index (χ0v) is 25.5. The van der Waals surface area contributed by atoms with Gasteiger partial charge >= 0.3 is 5.97 Å². The maximum atomic E-state index is 12.5. The molecule has 0 aliphatic carbocycles. The summed E-state index contributed by atoms with van der Waals surface area (Å²) in [7, 11) is 0. The molecular weight excluding hydrogens is 622 g/mol. The number of hydrogen-bond acceptors (Lipinski definition) is 10. The molecular formula is C29H36N7O11+. The second-order valence-electron chi connectivity index (χ2n) is 10.8. The quantitative estimate of drug-likeness (QED) is 0.0731. The molecule has 3 rings (SSSR count). The number of carboxylic acids is 1. The van der Waals surface area contributed by atoms with Gasteiger partial charge in [0.15, 0.2) is 6.54 Å². The van der Waals surface area contributed by atoms with E-state index >= 15 is 0 Å². The van der Waals surface area contributed by atoms with Crippen LogP contribution in [-0.2, 0) is 47.9 Å². The molecule has 0 saturated carbocycles. The summed E-state index contributed by atoms with van der Waals surface area (Å²) >= 11 is 0. The van der Waals surface area contributed by atoms with Crippen molar-refractivity contribution < 1.29 is 57.5 Å². The first-order valence-corrected chi connectivity index (χ1v) is 14.8. The normalized spacial score (nSPS) is 15.8. The van der Waals surface area contributed by atoms with E-state index in [1.165, 1.54) is 0 Å². The highest BCUT2D eigenvalue weighted by Crippen LogP contribution is 2.09. The third-order valence-electron chi connectivity index (χ3n) is 7.58. The predicted molar refractivity (Wildman–Crippen MR) is 158 cm³/mol. The first-order valence-electron chi connectivity index (χ1n) is 14.8. The number of imide groups is 3. The molecule has 18 heteroatoms. The number of quaternary nitrogens is 1. The van der Waals surface area contributed by atoms with Gasteiger partial charge in [-0.3, -0.25) is 57.9 Å². The summed E-state index contributed by atoms with van der Waals surface area (Å²) in [5, 5.41) is 17.7. The van der Waals surface area contributed by atoms with Gasteiger partial charge in [0.25, 0.3) is 35.4 Å². The van der Waals surface area contributed by atoms with Crippen molar-refractivity contribution in [3.05, 3.63) is 36.5 Å². The first-order chi connectivity index (χ1) is 22.3. The molecule has 3 heterocycles. The Morgan fingerprint density at radius 2 is 0.766 bits per heavy atom. The molecule has 0 aromatic carbocycles. The summed E-state index contributed by atoms with van der Waals surface area (Å²) in [6, 6.07) is 0. The molecule has 0 atom stereocenters. The van der Waals surface area contributed by atoms with Crippen LogP contribution in [0.4, 0.5) is 0 Å². The van der Waals surface area contributed by atoms with Crippen LogP contribution in [0.25, 0.3) is 0 Å². The average molecular weight is 659 g/mol. The van der Waals surface area contributed by atoms with Crippen molar-refractivity contribution in [2.75, 3.05) is 65.4 Å². The van der Waals surface area contributed by atoms with Crippen molar-refractivity contribution in [1.82, 2.24) is 30.7 Å². The number of carbonyl (C=O) groups is 10. The zero-order valence-electron chi connectivity index (χ0n) is 25.5. The first kappa shape index (κ1) is 36.0. The van der Waals surface area contributed by atoms with Gasteiger partial charge < -0.3 is 25.5 Å². The van der Waals surface area contributed by atoms with Gasteiger partial charge in [-0.05, 0) is 0 Å². The van der Waals surface area contributed by atoms with E-state index < -0.39 is 65.7 Å². The SMILES string of the molecule is O=C(O)C[N+](CCNC(=O)CCN1C(=O)C=CC1=O)(CCNC(=O)CCN1C(=O)C=CC1=O)CCNC(=O)CCN1C(=O)C=CC1=O. The van der Waals surface area contributed by atoms with Gasteiger partial charge in [0.2, 0.25) is 17.7 Å². The highest BCUT2D eigenvalue weighted by Gasteiger charge is 2.32. The van der Waals surface area contributed by atoms with Crippen molar-refractivity contribution in [3.8, 4) is 0 Å². The van der Waals surface area contributed by atoms with Crippen LogP contribution in [0.15, 0.2) is 36.5 Å². The fourth-order valence-corrected chi connectivity index (χ4v) is 5.02. The van der Waals surface area contributed by atoms with E-state index in [0.29, 0.717) is 0 Å². The van der Waals surface area contributed by atoms with Gasteiger partial charge in [-0.25, -0.2) is 4.79 Å². The van der Waals surface area contributed by atoms with Gasteiger partial charge in [-0.15, -0.1) is 0 Å². The van der Waals surface area contributed by atoms with Crippen LogP contribution >= 0.6 is 0 Å². The maximum absolute atomic E-state index is 12.5. The largest absolute Gasteiger partial charge is 0.477 e. The molecule has 0 saturated heterocycles. The fourth-order valence-electron chi connectivity index (χ4n) is 5.02. The number of amides is 9. The number of carboxylic acid groups (broad SMARTS) is 1. The molecule has 4 N–H and O–H groups in total. The van der Waals surface area contributed by atoms with Gasteiger partial charge in [0.1, 0.15) is 0 Å². The highest BCUT2D eigenvalue weighted by atomic mass is 16.4. The summed E-state index contributed by atoms with van der Waals surface area (Å²) < 4.78 is -0.205. The summed E-state index contributed by atoms with van der Waals surface area (Å²) in [6.45, 7) is -0.773. The molecule has 3 aliphatic heterocycles. The lowest BCUT2D eigenvalue weighted by Crippen LogP contribution is -2.59. The third kappa shape index (κ3) is 10.8. The highest BCUT2D eigenvalue weighted by molar-refractivity contribution is 6.14. The van der Waals surface area contributed by atoms with E-state index in [-0.39, 0.29) is 82.6 Å². The summed E-state index contributed by atoms with van der Waals surface area (Å²) in [5.41, 5.74) is 0. The van der Waals surface area contributed by atoms with Crippen LogP contribution in [-0.4, -0.2) is 149 Å². The monoisotopic (exact) mass is 658 g/mol. The van der Waals surface area contributed by atoms with Crippen LogP contribution in [0.1, 0.15) is 19.3 Å². The van der Waals surface area contributed by atoms with E-state index in [9.17, 15) is 53.1 Å². The van der Waals surface area contributed by atoms with Crippen LogP contribution in [0.3, 0.4) is 0 Å². The molecule has 47 heavy (non-hydrogen) atoms. The summed E-state index contributed by atoms with van der Waals surface area (Å²) in [4.78, 5) is 122. The molecule has 0 bridgehead atoms. The predicted octanol–water partition coefficient (Wildman–Crippen LogP) is -3.82. The zero-order chi connectivity index (χ0) is 34.6. The lowest BCUT2D eigenvalue weighted by atomic mass is 10.2. The van der Waals surface area contributed by atoms with Crippen molar-refractivity contribution in [3.63, 3.8) is 0 Å². The van der Waals surface area contributed by atoms with E-state index in [1.54, 1.807) is 0 Å². The van der Waals surface area contributed by atoms with Crippen LogP contribution < -0.4 is 16.0 Å². The minimum absolute atomic E-state index is 0.0213. The number of hydrogen-bond donors (Lipinski definition) is 4. The fraction of sp³-hybridized carbons (Fsp3) is 0.448. The number of rotatable bonds is 20.